The predicted octanol–water partition coefficient (Wildman–Crippen LogP) is 1.54. The molecule has 0 atom stereocenters. The fourth-order valence-corrected chi connectivity index (χ4v) is 1.93. The minimum Gasteiger partial charge on any atom is -0.295 e. The molecule has 0 saturated heterocycles. The minimum atomic E-state index is -0.648. The van der Waals surface area contributed by atoms with Gasteiger partial charge >= 0.3 is 0 Å². The second-order valence-electron chi connectivity index (χ2n) is 5.58. The van der Waals surface area contributed by atoms with Gasteiger partial charge in [0.2, 0.25) is 0 Å². The Bertz CT molecular complexity index is 604. The van der Waals surface area contributed by atoms with Crippen molar-refractivity contribution in [1.29, 1.82) is 0 Å². The van der Waals surface area contributed by atoms with Crippen LogP contribution < -0.4 is 5.32 Å². The summed E-state index contributed by atoms with van der Waals surface area (Å²) in [5.74, 6) is -1.14. The third-order valence-electron chi connectivity index (χ3n) is 2.94. The molecular weight excluding hydrogens is 262 g/mol. The minimum absolute atomic E-state index is 0.0208. The maximum atomic E-state index is 12.2. The van der Waals surface area contributed by atoms with Crippen LogP contribution in [-0.4, -0.2) is 33.8 Å². The van der Waals surface area contributed by atoms with E-state index in [4.69, 9.17) is 0 Å². The Morgan fingerprint density at radius 2 is 1.90 bits per heavy atom. The number of benzene rings is 1. The second-order valence-corrected chi connectivity index (χ2v) is 5.58. The molecule has 0 radical (unpaired) electrons. The molecule has 1 aliphatic rings. The van der Waals surface area contributed by atoms with Gasteiger partial charge in [-0.3, -0.25) is 29.9 Å². The summed E-state index contributed by atoms with van der Waals surface area (Å²) >= 11 is 0. The Morgan fingerprint density at radius 1 is 1.25 bits per heavy atom. The molecule has 0 fully saturated rings. The molecule has 0 aliphatic carbocycles. The van der Waals surface area contributed by atoms with Gasteiger partial charge in [-0.2, -0.15) is 0 Å². The molecule has 0 saturated carbocycles. The van der Waals surface area contributed by atoms with Crippen LogP contribution in [0.15, 0.2) is 18.2 Å². The lowest BCUT2D eigenvalue weighted by Gasteiger charge is -2.24. The van der Waals surface area contributed by atoms with E-state index in [0.717, 1.165) is 4.90 Å². The highest BCUT2D eigenvalue weighted by molar-refractivity contribution is 6.23. The van der Waals surface area contributed by atoms with E-state index in [1.807, 2.05) is 20.8 Å². The molecule has 1 aliphatic heterocycles. The highest BCUT2D eigenvalue weighted by Gasteiger charge is 2.40. The zero-order valence-electron chi connectivity index (χ0n) is 11.5. The summed E-state index contributed by atoms with van der Waals surface area (Å²) in [5.41, 5.74) is -0.654. The Balaban J connectivity index is 2.36. The monoisotopic (exact) mass is 277 g/mol. The van der Waals surface area contributed by atoms with Gasteiger partial charge in [0, 0.05) is 11.6 Å². The first-order valence-electron chi connectivity index (χ1n) is 6.11. The fourth-order valence-electron chi connectivity index (χ4n) is 1.93. The number of amides is 2. The maximum absolute atomic E-state index is 12.2. The molecule has 20 heavy (non-hydrogen) atoms. The van der Waals surface area contributed by atoms with Crippen molar-refractivity contribution >= 4 is 17.5 Å². The Morgan fingerprint density at radius 3 is 2.45 bits per heavy atom. The van der Waals surface area contributed by atoms with Crippen LogP contribution in [0.3, 0.4) is 0 Å². The van der Waals surface area contributed by atoms with Gasteiger partial charge in [-0.15, -0.1) is 0 Å². The third kappa shape index (κ3) is 2.39. The fraction of sp³-hybridized carbons (Fsp3) is 0.385. The molecule has 1 N–H and O–H groups in total. The van der Waals surface area contributed by atoms with Crippen molar-refractivity contribution in [3.63, 3.8) is 0 Å². The highest BCUT2D eigenvalue weighted by atomic mass is 16.6. The van der Waals surface area contributed by atoms with Crippen LogP contribution in [0.4, 0.5) is 5.69 Å². The van der Waals surface area contributed by atoms with E-state index in [0.29, 0.717) is 0 Å². The van der Waals surface area contributed by atoms with E-state index < -0.39 is 16.7 Å². The smallest absolute Gasteiger partial charge is 0.282 e. The molecule has 0 aromatic heterocycles. The van der Waals surface area contributed by atoms with Crippen molar-refractivity contribution in [1.82, 2.24) is 10.2 Å². The SMILES string of the molecule is CC(C)(C)NCN1C(=O)c2cccc([N+](=O)[O-])c2C1=O. The van der Waals surface area contributed by atoms with E-state index in [9.17, 15) is 19.7 Å². The topological polar surface area (TPSA) is 92.6 Å². The Hall–Kier alpha value is -2.28. The van der Waals surface area contributed by atoms with Gasteiger partial charge in [0.1, 0.15) is 5.56 Å². The van der Waals surface area contributed by atoms with Gasteiger partial charge in [0.25, 0.3) is 17.5 Å². The lowest BCUT2D eigenvalue weighted by atomic mass is 10.1. The van der Waals surface area contributed by atoms with Gasteiger partial charge in [0.15, 0.2) is 0 Å². The second kappa shape index (κ2) is 4.68. The van der Waals surface area contributed by atoms with Crippen LogP contribution in [0.1, 0.15) is 41.5 Å². The van der Waals surface area contributed by atoms with Crippen molar-refractivity contribution in [2.24, 2.45) is 0 Å². The van der Waals surface area contributed by atoms with Crippen LogP contribution >= 0.6 is 0 Å². The highest BCUT2D eigenvalue weighted by Crippen LogP contribution is 2.30. The van der Waals surface area contributed by atoms with Crippen LogP contribution in [0.5, 0.6) is 0 Å². The summed E-state index contributed by atoms with van der Waals surface area (Å²) in [6.45, 7) is 5.71. The van der Waals surface area contributed by atoms with Crippen LogP contribution in [0.2, 0.25) is 0 Å². The van der Waals surface area contributed by atoms with Gasteiger partial charge in [0.05, 0.1) is 17.2 Å². The van der Waals surface area contributed by atoms with Gasteiger partial charge < -0.3 is 0 Å². The van der Waals surface area contributed by atoms with Crippen molar-refractivity contribution in [2.75, 3.05) is 6.67 Å². The molecule has 7 nitrogen and oxygen atoms in total. The molecule has 0 unspecified atom stereocenters. The van der Waals surface area contributed by atoms with Crippen LogP contribution in [0, 0.1) is 10.1 Å². The van der Waals surface area contributed by atoms with Gasteiger partial charge in [-0.1, -0.05) is 6.07 Å². The number of fused-ring (bicyclic) bond motifs is 1. The molecular formula is C13H15N3O4. The largest absolute Gasteiger partial charge is 0.295 e. The summed E-state index contributed by atoms with van der Waals surface area (Å²) in [5, 5.41) is 14.0. The van der Waals surface area contributed by atoms with E-state index >= 15 is 0 Å². The number of imide groups is 1. The van der Waals surface area contributed by atoms with E-state index in [1.165, 1.54) is 18.2 Å². The van der Waals surface area contributed by atoms with E-state index in [-0.39, 0.29) is 29.0 Å². The zero-order valence-corrected chi connectivity index (χ0v) is 11.5. The number of carbonyl (C=O) groups is 2. The summed E-state index contributed by atoms with van der Waals surface area (Å²) in [4.78, 5) is 35.6. The number of nitro groups is 1. The summed E-state index contributed by atoms with van der Waals surface area (Å²) < 4.78 is 0. The maximum Gasteiger partial charge on any atom is 0.282 e. The molecule has 106 valence electrons. The average Bonchev–Trinajstić information content (AvgIpc) is 2.59. The number of rotatable bonds is 3. The molecule has 1 aromatic carbocycles. The molecule has 1 aromatic rings. The van der Waals surface area contributed by atoms with Crippen LogP contribution in [0.25, 0.3) is 0 Å². The number of nitro benzene ring substituents is 1. The number of hydrogen-bond donors (Lipinski definition) is 1. The molecule has 1 heterocycles. The van der Waals surface area contributed by atoms with E-state index in [1.54, 1.807) is 0 Å². The number of nitrogens with zero attached hydrogens (tertiary/aromatic N) is 2. The summed E-state index contributed by atoms with van der Waals surface area (Å²) in [6.07, 6.45) is 0. The first kappa shape index (κ1) is 14.1. The quantitative estimate of drug-likeness (QED) is 0.514. The normalized spacial score (nSPS) is 14.7. The standard InChI is InChI=1S/C13H15N3O4/c1-13(2,3)14-7-15-11(17)8-5-4-6-9(16(19)20)10(8)12(15)18/h4-6,14H,7H2,1-3H3. The Kier molecular flexibility index (Phi) is 3.31. The molecule has 2 rings (SSSR count). The summed E-state index contributed by atoms with van der Waals surface area (Å²) in [7, 11) is 0. The Labute approximate surface area is 115 Å². The van der Waals surface area contributed by atoms with Crippen LogP contribution in [-0.2, 0) is 0 Å². The first-order valence-corrected chi connectivity index (χ1v) is 6.11. The average molecular weight is 277 g/mol. The lowest BCUT2D eigenvalue weighted by Crippen LogP contribution is -2.46. The number of nitrogens with one attached hydrogen (secondary N) is 1. The van der Waals surface area contributed by atoms with Crippen molar-refractivity contribution < 1.29 is 14.5 Å². The molecule has 7 heteroatoms. The van der Waals surface area contributed by atoms with Crippen molar-refractivity contribution in [3.05, 3.63) is 39.4 Å². The molecule has 0 bridgehead atoms. The van der Waals surface area contributed by atoms with Gasteiger partial charge in [-0.25, -0.2) is 0 Å². The molecule has 0 spiro atoms. The molecule has 2 amide bonds. The third-order valence-corrected chi connectivity index (χ3v) is 2.94. The van der Waals surface area contributed by atoms with Crippen molar-refractivity contribution in [3.8, 4) is 0 Å². The summed E-state index contributed by atoms with van der Waals surface area (Å²) in [6, 6.07) is 4.06. The van der Waals surface area contributed by atoms with Gasteiger partial charge in [-0.05, 0) is 26.8 Å². The number of hydrogen-bond acceptors (Lipinski definition) is 5. The predicted molar refractivity (Wildman–Crippen MR) is 71.4 cm³/mol. The first-order chi connectivity index (χ1) is 9.22. The number of carbonyl (C=O) groups excluding carboxylic acids is 2. The van der Waals surface area contributed by atoms with E-state index in [2.05, 4.69) is 5.32 Å². The zero-order chi connectivity index (χ0) is 15.1. The van der Waals surface area contributed by atoms with Crippen molar-refractivity contribution in [2.45, 2.75) is 26.3 Å². The lowest BCUT2D eigenvalue weighted by molar-refractivity contribution is -0.385.